The Balaban J connectivity index is 1.24. The molecule has 176 valence electrons. The number of aromatic nitrogens is 4. The van der Waals surface area contributed by atoms with Crippen molar-refractivity contribution in [1.82, 2.24) is 19.7 Å². The van der Waals surface area contributed by atoms with E-state index in [1.165, 1.54) is 24.3 Å². The Morgan fingerprint density at radius 3 is 2.17 bits per heavy atom. The van der Waals surface area contributed by atoms with Gasteiger partial charge in [-0.15, -0.1) is 10.2 Å². The maximum absolute atomic E-state index is 12.8. The van der Waals surface area contributed by atoms with Gasteiger partial charge in [-0.2, -0.15) is 0 Å². The van der Waals surface area contributed by atoms with E-state index >= 15 is 0 Å². The van der Waals surface area contributed by atoms with Gasteiger partial charge in [0.15, 0.2) is 5.82 Å². The van der Waals surface area contributed by atoms with Gasteiger partial charge >= 0.3 is 0 Å². The molecule has 2 aromatic carbocycles. The van der Waals surface area contributed by atoms with Crippen LogP contribution in [0.3, 0.4) is 0 Å². The largest absolute Gasteiger partial charge is 0.438 e. The van der Waals surface area contributed by atoms with Gasteiger partial charge in [0.2, 0.25) is 17.7 Å². The van der Waals surface area contributed by atoms with Crippen LogP contribution in [0.2, 0.25) is 0 Å². The van der Waals surface area contributed by atoms with Gasteiger partial charge in [0.25, 0.3) is 10.0 Å². The molecule has 1 aliphatic heterocycles. The molecule has 1 fully saturated rings. The summed E-state index contributed by atoms with van der Waals surface area (Å²) in [5, 5.41) is 8.09. The lowest BCUT2D eigenvalue weighted by molar-refractivity contribution is -0.121. The second-order valence-corrected chi connectivity index (χ2v) is 9.23. The van der Waals surface area contributed by atoms with E-state index in [2.05, 4.69) is 19.9 Å². The predicted molar refractivity (Wildman–Crippen MR) is 125 cm³/mol. The van der Waals surface area contributed by atoms with E-state index in [9.17, 15) is 18.0 Å². The van der Waals surface area contributed by atoms with E-state index in [0.29, 0.717) is 22.9 Å². The van der Waals surface area contributed by atoms with E-state index < -0.39 is 10.0 Å². The fourth-order valence-electron chi connectivity index (χ4n) is 3.46. The van der Waals surface area contributed by atoms with Crippen molar-refractivity contribution in [2.24, 2.45) is 0 Å². The van der Waals surface area contributed by atoms with Gasteiger partial charge in [-0.3, -0.25) is 23.8 Å². The van der Waals surface area contributed by atoms with Crippen molar-refractivity contribution in [2.45, 2.75) is 17.7 Å². The molecule has 1 aliphatic rings. The number of nitrogens with one attached hydrogen (secondary N) is 1. The zero-order chi connectivity index (χ0) is 24.4. The van der Waals surface area contributed by atoms with Crippen molar-refractivity contribution in [3.63, 3.8) is 0 Å². The zero-order valence-electron chi connectivity index (χ0n) is 18.1. The summed E-state index contributed by atoms with van der Waals surface area (Å²) in [6.07, 6.45) is 5.30. The van der Waals surface area contributed by atoms with Crippen LogP contribution in [0.4, 0.5) is 11.4 Å². The average Bonchev–Trinajstić information content (AvgIpc) is 3.51. The summed E-state index contributed by atoms with van der Waals surface area (Å²) >= 11 is 0. The number of hydrogen-bond acceptors (Lipinski definition) is 8. The highest BCUT2D eigenvalue weighted by Crippen LogP contribution is 2.26. The van der Waals surface area contributed by atoms with Crippen LogP contribution in [0, 0.1) is 0 Å². The normalized spacial score (nSPS) is 13.8. The number of benzene rings is 2. The highest BCUT2D eigenvalue weighted by Gasteiger charge is 2.30. The van der Waals surface area contributed by atoms with E-state index in [1.54, 1.807) is 59.7 Å². The first kappa shape index (κ1) is 22.2. The minimum absolute atomic E-state index is 0.00562. The highest BCUT2D eigenvalue weighted by atomic mass is 32.2. The molecule has 0 bridgehead atoms. The SMILES string of the molecule is O=C1CCC(=O)N1c1ccc(S(=O)(=O)Nc2ccc(Oc3ccc(-n4ccnc4)nn3)cc2)cc1. The summed E-state index contributed by atoms with van der Waals surface area (Å²) < 4.78 is 35.4. The molecule has 0 unspecified atom stereocenters. The Bertz CT molecular complexity index is 1450. The summed E-state index contributed by atoms with van der Waals surface area (Å²) in [6, 6.07) is 15.2. The molecule has 0 aliphatic carbocycles. The molecular weight excluding hydrogens is 472 g/mol. The van der Waals surface area contributed by atoms with Crippen molar-refractivity contribution >= 4 is 33.2 Å². The molecule has 0 spiro atoms. The van der Waals surface area contributed by atoms with Crippen LogP contribution in [0.15, 0.2) is 84.3 Å². The monoisotopic (exact) mass is 490 g/mol. The van der Waals surface area contributed by atoms with Gasteiger partial charge in [0, 0.05) is 37.0 Å². The van der Waals surface area contributed by atoms with Crippen molar-refractivity contribution in [3.8, 4) is 17.4 Å². The molecule has 12 heteroatoms. The second-order valence-electron chi connectivity index (χ2n) is 7.55. The second kappa shape index (κ2) is 8.99. The molecule has 5 rings (SSSR count). The number of imide groups is 1. The summed E-state index contributed by atoms with van der Waals surface area (Å²) in [5.41, 5.74) is 0.673. The minimum atomic E-state index is -3.89. The molecule has 1 saturated heterocycles. The summed E-state index contributed by atoms with van der Waals surface area (Å²) in [4.78, 5) is 28.8. The molecule has 0 radical (unpaired) electrons. The predicted octanol–water partition coefficient (Wildman–Crippen LogP) is 2.91. The molecular formula is C23H18N6O5S. The van der Waals surface area contributed by atoms with Gasteiger partial charge in [0.05, 0.1) is 10.6 Å². The molecule has 1 N–H and O–H groups in total. The molecule has 0 atom stereocenters. The van der Waals surface area contributed by atoms with E-state index in [1.807, 2.05) is 0 Å². The number of imidazole rings is 1. The van der Waals surface area contributed by atoms with Gasteiger partial charge in [0.1, 0.15) is 12.1 Å². The molecule has 2 amide bonds. The standard InChI is InChI=1S/C23H18N6O5S/c30-22-11-12-23(31)29(22)17-3-7-19(8-4-17)35(32,33)27-16-1-5-18(6-2-16)34-21-10-9-20(25-26-21)28-14-13-24-15-28/h1-10,13-15,27H,11-12H2. The number of nitrogens with zero attached hydrogens (tertiary/aromatic N) is 5. The van der Waals surface area contributed by atoms with Gasteiger partial charge in [-0.1, -0.05) is 0 Å². The fourth-order valence-corrected chi connectivity index (χ4v) is 4.52. The Kier molecular flexibility index (Phi) is 5.71. The maximum Gasteiger partial charge on any atom is 0.261 e. The number of carbonyl (C=O) groups excluding carboxylic acids is 2. The smallest absolute Gasteiger partial charge is 0.261 e. The Labute approximate surface area is 200 Å². The van der Waals surface area contributed by atoms with Crippen LogP contribution in [0.5, 0.6) is 11.6 Å². The number of anilines is 2. The minimum Gasteiger partial charge on any atom is -0.438 e. The van der Waals surface area contributed by atoms with Crippen LogP contribution in [0.25, 0.3) is 5.82 Å². The summed E-state index contributed by atoms with van der Waals surface area (Å²) in [5.74, 6) is 0.711. The fraction of sp³-hybridized carbons (Fsp3) is 0.0870. The van der Waals surface area contributed by atoms with Crippen LogP contribution >= 0.6 is 0 Å². The third-order valence-corrected chi connectivity index (χ3v) is 6.58. The van der Waals surface area contributed by atoms with Crippen molar-refractivity contribution in [1.29, 1.82) is 0 Å². The lowest BCUT2D eigenvalue weighted by atomic mass is 10.3. The van der Waals surface area contributed by atoms with Gasteiger partial charge in [-0.05, 0) is 54.6 Å². The Morgan fingerprint density at radius 2 is 1.57 bits per heavy atom. The first-order chi connectivity index (χ1) is 16.9. The number of rotatable bonds is 7. The van der Waals surface area contributed by atoms with Crippen LogP contribution in [-0.2, 0) is 19.6 Å². The third kappa shape index (κ3) is 4.73. The number of sulfonamides is 1. The number of hydrogen-bond donors (Lipinski definition) is 1. The molecule has 35 heavy (non-hydrogen) atoms. The topological polar surface area (TPSA) is 136 Å². The van der Waals surface area contributed by atoms with Crippen LogP contribution in [-0.4, -0.2) is 40.0 Å². The lowest BCUT2D eigenvalue weighted by Crippen LogP contribution is -2.28. The van der Waals surface area contributed by atoms with E-state index in [0.717, 1.165) is 4.90 Å². The maximum atomic E-state index is 12.8. The van der Waals surface area contributed by atoms with Gasteiger partial charge < -0.3 is 4.74 Å². The lowest BCUT2D eigenvalue weighted by Gasteiger charge is -2.14. The highest BCUT2D eigenvalue weighted by molar-refractivity contribution is 7.92. The van der Waals surface area contributed by atoms with Crippen LogP contribution in [0.1, 0.15) is 12.8 Å². The van der Waals surface area contributed by atoms with Crippen LogP contribution < -0.4 is 14.4 Å². The Hall–Kier alpha value is -4.58. The van der Waals surface area contributed by atoms with E-state index in [-0.39, 0.29) is 35.4 Å². The molecule has 3 heterocycles. The zero-order valence-corrected chi connectivity index (χ0v) is 18.9. The Morgan fingerprint density at radius 1 is 0.857 bits per heavy atom. The first-order valence-corrected chi connectivity index (χ1v) is 12.0. The van der Waals surface area contributed by atoms with Crippen molar-refractivity contribution in [2.75, 3.05) is 9.62 Å². The molecule has 2 aromatic heterocycles. The van der Waals surface area contributed by atoms with Crippen molar-refractivity contribution < 1.29 is 22.7 Å². The van der Waals surface area contributed by atoms with E-state index in [4.69, 9.17) is 4.74 Å². The average molecular weight is 491 g/mol. The molecule has 0 saturated carbocycles. The quantitative estimate of drug-likeness (QED) is 0.391. The molecule has 4 aromatic rings. The summed E-state index contributed by atoms with van der Waals surface area (Å²) in [7, 11) is -3.89. The van der Waals surface area contributed by atoms with Crippen molar-refractivity contribution in [3.05, 3.63) is 79.4 Å². The van der Waals surface area contributed by atoms with Gasteiger partial charge in [-0.25, -0.2) is 13.4 Å². The molecule has 11 nitrogen and oxygen atoms in total. The third-order valence-electron chi connectivity index (χ3n) is 5.18. The summed E-state index contributed by atoms with van der Waals surface area (Å²) in [6.45, 7) is 0. The number of carbonyl (C=O) groups is 2. The number of ether oxygens (including phenoxy) is 1. The number of amides is 2. The first-order valence-electron chi connectivity index (χ1n) is 10.5.